The van der Waals surface area contributed by atoms with Crippen LogP contribution in [0.15, 0.2) is 0 Å². The van der Waals surface area contributed by atoms with Crippen LogP contribution in [0.2, 0.25) is 0 Å². The van der Waals surface area contributed by atoms with E-state index in [1.165, 1.54) is 12.8 Å². The van der Waals surface area contributed by atoms with E-state index in [4.69, 9.17) is 21.1 Å². The minimum absolute atomic E-state index is 0.0550. The number of hydrogen-bond acceptors (Lipinski definition) is 3. The summed E-state index contributed by atoms with van der Waals surface area (Å²) < 4.78 is 10.5. The fourth-order valence-corrected chi connectivity index (χ4v) is 2.32. The number of carbonyl (C=O) groups is 1. The molecule has 1 unspecified atom stereocenters. The molecule has 1 aliphatic carbocycles. The van der Waals surface area contributed by atoms with Gasteiger partial charge in [-0.25, -0.2) is 0 Å². The molecule has 2 aliphatic rings. The minimum atomic E-state index is -0.430. The number of rotatable bonds is 5. The Morgan fingerprint density at radius 3 is 2.81 bits per heavy atom. The number of amides is 1. The summed E-state index contributed by atoms with van der Waals surface area (Å²) in [5.41, 5.74) is 0.271. The van der Waals surface area contributed by atoms with Crippen LogP contribution in [0.1, 0.15) is 19.3 Å². The molecular formula is C11H18ClNO3. The third kappa shape index (κ3) is 3.09. The van der Waals surface area contributed by atoms with Gasteiger partial charge in [0.2, 0.25) is 0 Å². The Morgan fingerprint density at radius 2 is 2.25 bits per heavy atom. The second-order valence-electron chi connectivity index (χ2n) is 4.59. The zero-order valence-electron chi connectivity index (χ0n) is 9.34. The fraction of sp³-hybridized carbons (Fsp3) is 0.909. The van der Waals surface area contributed by atoms with Gasteiger partial charge in [-0.2, -0.15) is 0 Å². The monoisotopic (exact) mass is 247 g/mol. The van der Waals surface area contributed by atoms with Crippen molar-refractivity contribution in [2.24, 2.45) is 5.41 Å². The molecule has 1 saturated heterocycles. The van der Waals surface area contributed by atoms with Gasteiger partial charge >= 0.3 is 0 Å². The van der Waals surface area contributed by atoms with Crippen LogP contribution in [-0.2, 0) is 14.3 Å². The summed E-state index contributed by atoms with van der Waals surface area (Å²) >= 11 is 5.73. The molecule has 2 rings (SSSR count). The number of nitrogens with one attached hydrogen (secondary N) is 1. The first kappa shape index (κ1) is 12.1. The van der Waals surface area contributed by atoms with Crippen LogP contribution in [0, 0.1) is 5.41 Å². The lowest BCUT2D eigenvalue weighted by atomic mass is 10.0. The summed E-state index contributed by atoms with van der Waals surface area (Å²) in [6.45, 7) is 2.18. The standard InChI is InChI=1S/C11H18ClNO3/c12-4-3-11(1-2-11)8-13-10(14)9-7-15-5-6-16-9/h9H,1-8H2,(H,13,14). The Hall–Kier alpha value is -0.320. The van der Waals surface area contributed by atoms with E-state index >= 15 is 0 Å². The highest BCUT2D eigenvalue weighted by Crippen LogP contribution is 2.48. The summed E-state index contributed by atoms with van der Waals surface area (Å²) in [4.78, 5) is 11.7. The van der Waals surface area contributed by atoms with E-state index in [1.807, 2.05) is 0 Å². The maximum Gasteiger partial charge on any atom is 0.251 e. The molecule has 0 spiro atoms. The van der Waals surface area contributed by atoms with Gasteiger partial charge in [0.1, 0.15) is 0 Å². The largest absolute Gasteiger partial charge is 0.376 e. The smallest absolute Gasteiger partial charge is 0.251 e. The Kier molecular flexibility index (Phi) is 4.05. The highest BCUT2D eigenvalue weighted by atomic mass is 35.5. The van der Waals surface area contributed by atoms with Crippen molar-refractivity contribution in [3.8, 4) is 0 Å². The molecule has 0 aromatic rings. The second kappa shape index (κ2) is 5.34. The molecule has 1 N–H and O–H groups in total. The van der Waals surface area contributed by atoms with Gasteiger partial charge in [-0.1, -0.05) is 0 Å². The van der Waals surface area contributed by atoms with Crippen molar-refractivity contribution in [2.75, 3.05) is 32.2 Å². The number of hydrogen-bond donors (Lipinski definition) is 1. The Labute approximate surface area is 101 Å². The van der Waals surface area contributed by atoms with Gasteiger partial charge in [0.15, 0.2) is 6.10 Å². The van der Waals surface area contributed by atoms with Gasteiger partial charge in [-0.15, -0.1) is 11.6 Å². The lowest BCUT2D eigenvalue weighted by molar-refractivity contribution is -0.147. The summed E-state index contributed by atoms with van der Waals surface area (Å²) in [7, 11) is 0. The van der Waals surface area contributed by atoms with Crippen LogP contribution in [0.25, 0.3) is 0 Å². The predicted molar refractivity (Wildman–Crippen MR) is 60.6 cm³/mol. The number of carbonyl (C=O) groups excluding carboxylic acids is 1. The highest BCUT2D eigenvalue weighted by molar-refractivity contribution is 6.17. The molecule has 1 amide bonds. The molecule has 5 heteroatoms. The first-order valence-corrected chi connectivity index (χ1v) is 6.32. The predicted octanol–water partition coefficient (Wildman–Crippen LogP) is 0.927. The van der Waals surface area contributed by atoms with Crippen LogP contribution in [-0.4, -0.2) is 44.3 Å². The molecule has 1 heterocycles. The molecule has 0 aromatic carbocycles. The first-order valence-electron chi connectivity index (χ1n) is 5.79. The van der Waals surface area contributed by atoms with Crippen LogP contribution in [0.3, 0.4) is 0 Å². The van der Waals surface area contributed by atoms with Crippen molar-refractivity contribution in [3.63, 3.8) is 0 Å². The fourth-order valence-electron chi connectivity index (χ4n) is 1.92. The average Bonchev–Trinajstić information content (AvgIpc) is 3.08. The van der Waals surface area contributed by atoms with Crippen LogP contribution in [0.4, 0.5) is 0 Å². The Morgan fingerprint density at radius 1 is 1.44 bits per heavy atom. The highest BCUT2D eigenvalue weighted by Gasteiger charge is 2.42. The lowest BCUT2D eigenvalue weighted by Gasteiger charge is -2.23. The topological polar surface area (TPSA) is 47.6 Å². The summed E-state index contributed by atoms with van der Waals surface area (Å²) in [6.07, 6.45) is 2.89. The van der Waals surface area contributed by atoms with E-state index in [1.54, 1.807) is 0 Å². The van der Waals surface area contributed by atoms with Gasteiger partial charge in [0.25, 0.3) is 5.91 Å². The second-order valence-corrected chi connectivity index (χ2v) is 4.97. The van der Waals surface area contributed by atoms with E-state index in [9.17, 15) is 4.79 Å². The Balaban J connectivity index is 1.70. The normalized spacial score (nSPS) is 27.4. The van der Waals surface area contributed by atoms with Gasteiger partial charge in [-0.05, 0) is 24.7 Å². The third-order valence-corrected chi connectivity index (χ3v) is 3.52. The molecule has 0 bridgehead atoms. The lowest BCUT2D eigenvalue weighted by Crippen LogP contribution is -2.44. The number of halogens is 1. The molecule has 1 atom stereocenters. The van der Waals surface area contributed by atoms with Crippen molar-refractivity contribution in [2.45, 2.75) is 25.4 Å². The zero-order valence-corrected chi connectivity index (χ0v) is 10.1. The summed E-state index contributed by atoms with van der Waals surface area (Å²) in [6, 6.07) is 0. The molecule has 1 aliphatic heterocycles. The first-order chi connectivity index (χ1) is 7.76. The minimum Gasteiger partial charge on any atom is -0.376 e. The van der Waals surface area contributed by atoms with Crippen molar-refractivity contribution < 1.29 is 14.3 Å². The van der Waals surface area contributed by atoms with Crippen LogP contribution < -0.4 is 5.32 Å². The van der Waals surface area contributed by atoms with Gasteiger partial charge in [0.05, 0.1) is 19.8 Å². The maximum atomic E-state index is 11.7. The van der Waals surface area contributed by atoms with Crippen molar-refractivity contribution >= 4 is 17.5 Å². The molecule has 92 valence electrons. The third-order valence-electron chi connectivity index (χ3n) is 3.33. The summed E-state index contributed by atoms with van der Waals surface area (Å²) in [5.74, 6) is 0.611. The van der Waals surface area contributed by atoms with E-state index < -0.39 is 6.10 Å². The van der Waals surface area contributed by atoms with Crippen LogP contribution >= 0.6 is 11.6 Å². The van der Waals surface area contributed by atoms with Crippen molar-refractivity contribution in [3.05, 3.63) is 0 Å². The van der Waals surface area contributed by atoms with Crippen molar-refractivity contribution in [1.29, 1.82) is 0 Å². The molecule has 0 radical (unpaired) electrons. The molecular weight excluding hydrogens is 230 g/mol. The summed E-state index contributed by atoms with van der Waals surface area (Å²) in [5, 5.41) is 2.94. The van der Waals surface area contributed by atoms with E-state index in [0.717, 1.165) is 13.0 Å². The molecule has 4 nitrogen and oxygen atoms in total. The SMILES string of the molecule is O=C(NCC1(CCCl)CC1)C1COCCO1. The number of ether oxygens (including phenoxy) is 2. The number of alkyl halides is 1. The Bertz CT molecular complexity index is 250. The van der Waals surface area contributed by atoms with E-state index in [2.05, 4.69) is 5.32 Å². The maximum absolute atomic E-state index is 11.7. The van der Waals surface area contributed by atoms with E-state index in [0.29, 0.717) is 25.7 Å². The van der Waals surface area contributed by atoms with E-state index in [-0.39, 0.29) is 11.3 Å². The van der Waals surface area contributed by atoms with Gasteiger partial charge in [-0.3, -0.25) is 4.79 Å². The molecule has 1 saturated carbocycles. The van der Waals surface area contributed by atoms with Crippen molar-refractivity contribution in [1.82, 2.24) is 5.32 Å². The van der Waals surface area contributed by atoms with Gasteiger partial charge < -0.3 is 14.8 Å². The molecule has 0 aromatic heterocycles. The molecule has 2 fully saturated rings. The van der Waals surface area contributed by atoms with Gasteiger partial charge in [0, 0.05) is 12.4 Å². The zero-order chi connectivity index (χ0) is 11.4. The van der Waals surface area contributed by atoms with Crippen LogP contribution in [0.5, 0.6) is 0 Å². The molecule has 16 heavy (non-hydrogen) atoms. The quantitative estimate of drug-likeness (QED) is 0.736. The average molecular weight is 248 g/mol.